The summed E-state index contributed by atoms with van der Waals surface area (Å²) in [6.45, 7) is 9.94. The second-order valence-corrected chi connectivity index (χ2v) is 8.33. The van der Waals surface area contributed by atoms with Crippen molar-refractivity contribution in [2.75, 3.05) is 31.1 Å². The molecule has 3 aromatic rings. The average molecular weight is 363 g/mol. The molecule has 0 saturated carbocycles. The molecule has 0 amide bonds. The molecule has 0 bridgehead atoms. The van der Waals surface area contributed by atoms with Gasteiger partial charge in [-0.15, -0.1) is 11.3 Å². The maximum absolute atomic E-state index is 2.58. The first kappa shape index (κ1) is 17.3. The Kier molecular flexibility index (Phi) is 5.09. The van der Waals surface area contributed by atoms with Gasteiger partial charge in [0, 0.05) is 48.2 Å². The van der Waals surface area contributed by atoms with Crippen LogP contribution in [-0.4, -0.2) is 31.1 Å². The summed E-state index contributed by atoms with van der Waals surface area (Å²) in [6.07, 6.45) is 0. The number of benzene rings is 2. The van der Waals surface area contributed by atoms with Crippen LogP contribution >= 0.6 is 11.3 Å². The van der Waals surface area contributed by atoms with Gasteiger partial charge in [0.05, 0.1) is 0 Å². The van der Waals surface area contributed by atoms with Gasteiger partial charge in [0.15, 0.2) is 0 Å². The van der Waals surface area contributed by atoms with E-state index in [4.69, 9.17) is 0 Å². The largest absolute Gasteiger partial charge is 0.369 e. The third-order valence-electron chi connectivity index (χ3n) is 5.33. The molecule has 1 fully saturated rings. The summed E-state index contributed by atoms with van der Waals surface area (Å²) in [4.78, 5) is 7.93. The van der Waals surface area contributed by atoms with Crippen LogP contribution in [0, 0.1) is 13.8 Å². The maximum atomic E-state index is 2.58. The molecule has 4 rings (SSSR count). The van der Waals surface area contributed by atoms with Crippen molar-refractivity contribution in [3.05, 3.63) is 76.7 Å². The highest BCUT2D eigenvalue weighted by Gasteiger charge is 2.18. The Morgan fingerprint density at radius 1 is 0.808 bits per heavy atom. The van der Waals surface area contributed by atoms with Crippen molar-refractivity contribution in [2.24, 2.45) is 0 Å². The highest BCUT2D eigenvalue weighted by atomic mass is 32.1. The van der Waals surface area contributed by atoms with E-state index in [2.05, 4.69) is 84.3 Å². The topological polar surface area (TPSA) is 6.48 Å². The first-order valence-corrected chi connectivity index (χ1v) is 10.2. The van der Waals surface area contributed by atoms with Crippen LogP contribution in [0.15, 0.2) is 60.7 Å². The predicted molar refractivity (Wildman–Crippen MR) is 113 cm³/mol. The zero-order chi connectivity index (χ0) is 17.9. The first-order valence-electron chi connectivity index (χ1n) is 9.38. The molecule has 1 aromatic heterocycles. The zero-order valence-electron chi connectivity index (χ0n) is 15.6. The fraction of sp³-hybridized carbons (Fsp3) is 0.304. The Balaban J connectivity index is 1.35. The molecule has 134 valence electrons. The van der Waals surface area contributed by atoms with E-state index in [1.54, 1.807) is 0 Å². The number of nitrogens with zero attached hydrogens (tertiary/aromatic N) is 2. The SMILES string of the molecule is Cc1ccc(N2CCN(Cc3ccc(-c4ccccc4)s3)CC2)cc1C. The van der Waals surface area contributed by atoms with Crippen LogP contribution in [0.5, 0.6) is 0 Å². The molecule has 2 heterocycles. The monoisotopic (exact) mass is 362 g/mol. The highest BCUT2D eigenvalue weighted by molar-refractivity contribution is 7.15. The highest BCUT2D eigenvalue weighted by Crippen LogP contribution is 2.29. The van der Waals surface area contributed by atoms with Crippen LogP contribution in [0.25, 0.3) is 10.4 Å². The van der Waals surface area contributed by atoms with Gasteiger partial charge in [-0.2, -0.15) is 0 Å². The molecule has 1 aliphatic heterocycles. The lowest BCUT2D eigenvalue weighted by molar-refractivity contribution is 0.252. The Morgan fingerprint density at radius 2 is 1.58 bits per heavy atom. The molecule has 1 saturated heterocycles. The van der Waals surface area contributed by atoms with Crippen LogP contribution < -0.4 is 4.90 Å². The van der Waals surface area contributed by atoms with E-state index in [1.807, 2.05) is 11.3 Å². The normalized spacial score (nSPS) is 15.4. The fourth-order valence-corrected chi connectivity index (χ4v) is 4.58. The summed E-state index contributed by atoms with van der Waals surface area (Å²) >= 11 is 1.93. The smallest absolute Gasteiger partial charge is 0.0369 e. The number of hydrogen-bond donors (Lipinski definition) is 0. The third kappa shape index (κ3) is 3.84. The molecule has 2 aromatic carbocycles. The van der Waals surface area contributed by atoms with Crippen molar-refractivity contribution in [1.82, 2.24) is 4.90 Å². The van der Waals surface area contributed by atoms with Crippen LogP contribution in [-0.2, 0) is 6.54 Å². The van der Waals surface area contributed by atoms with E-state index in [9.17, 15) is 0 Å². The molecule has 0 spiro atoms. The van der Waals surface area contributed by atoms with Gasteiger partial charge in [0.2, 0.25) is 0 Å². The molecule has 2 nitrogen and oxygen atoms in total. The van der Waals surface area contributed by atoms with Crippen LogP contribution in [0.2, 0.25) is 0 Å². The summed E-state index contributed by atoms with van der Waals surface area (Å²) < 4.78 is 0. The summed E-state index contributed by atoms with van der Waals surface area (Å²) in [5.74, 6) is 0. The van der Waals surface area contributed by atoms with Crippen LogP contribution in [0.3, 0.4) is 0 Å². The lowest BCUT2D eigenvalue weighted by Crippen LogP contribution is -2.45. The Hall–Kier alpha value is -2.10. The summed E-state index contributed by atoms with van der Waals surface area (Å²) in [7, 11) is 0. The minimum atomic E-state index is 1.07. The van der Waals surface area contributed by atoms with E-state index in [0.717, 1.165) is 32.7 Å². The van der Waals surface area contributed by atoms with Gasteiger partial charge in [-0.3, -0.25) is 4.90 Å². The van der Waals surface area contributed by atoms with Gasteiger partial charge in [-0.1, -0.05) is 36.4 Å². The molecular formula is C23H26N2S. The van der Waals surface area contributed by atoms with Crippen molar-refractivity contribution >= 4 is 17.0 Å². The van der Waals surface area contributed by atoms with Crippen molar-refractivity contribution in [3.8, 4) is 10.4 Å². The molecule has 1 aliphatic rings. The maximum Gasteiger partial charge on any atom is 0.0369 e. The number of piperazine rings is 1. The van der Waals surface area contributed by atoms with E-state index in [1.165, 1.54) is 32.1 Å². The quantitative estimate of drug-likeness (QED) is 0.617. The van der Waals surface area contributed by atoms with Gasteiger partial charge in [-0.05, 0) is 54.8 Å². The number of hydrogen-bond acceptors (Lipinski definition) is 3. The standard InChI is InChI=1S/C23H26N2S/c1-18-8-9-21(16-19(18)2)25-14-12-24(13-15-25)17-22-10-11-23(26-22)20-6-4-3-5-7-20/h3-11,16H,12-15,17H2,1-2H3. The molecule has 3 heteroatoms. The van der Waals surface area contributed by atoms with Crippen LogP contribution in [0.1, 0.15) is 16.0 Å². The van der Waals surface area contributed by atoms with Crippen molar-refractivity contribution in [3.63, 3.8) is 0 Å². The van der Waals surface area contributed by atoms with Crippen LogP contribution in [0.4, 0.5) is 5.69 Å². The van der Waals surface area contributed by atoms with Gasteiger partial charge in [-0.25, -0.2) is 0 Å². The summed E-state index contributed by atoms with van der Waals surface area (Å²) in [6, 6.07) is 22.1. The third-order valence-corrected chi connectivity index (χ3v) is 6.45. The van der Waals surface area contributed by atoms with Gasteiger partial charge < -0.3 is 4.90 Å². The fourth-order valence-electron chi connectivity index (χ4n) is 3.53. The molecule has 0 aliphatic carbocycles. The molecule has 0 radical (unpaired) electrons. The zero-order valence-corrected chi connectivity index (χ0v) is 16.4. The molecule has 0 unspecified atom stereocenters. The Morgan fingerprint density at radius 3 is 2.31 bits per heavy atom. The van der Waals surface area contributed by atoms with Crippen molar-refractivity contribution in [1.29, 1.82) is 0 Å². The Labute approximate surface area is 160 Å². The molecular weight excluding hydrogens is 336 g/mol. The number of aryl methyl sites for hydroxylation is 2. The van der Waals surface area contributed by atoms with E-state index in [0.29, 0.717) is 0 Å². The van der Waals surface area contributed by atoms with Crippen molar-refractivity contribution in [2.45, 2.75) is 20.4 Å². The minimum absolute atomic E-state index is 1.07. The van der Waals surface area contributed by atoms with E-state index in [-0.39, 0.29) is 0 Å². The predicted octanol–water partition coefficient (Wildman–Crippen LogP) is 5.35. The van der Waals surface area contributed by atoms with Crippen molar-refractivity contribution < 1.29 is 0 Å². The first-order chi connectivity index (χ1) is 12.7. The molecule has 0 atom stereocenters. The summed E-state index contributed by atoms with van der Waals surface area (Å²) in [5.41, 5.74) is 5.45. The molecule has 26 heavy (non-hydrogen) atoms. The lowest BCUT2D eigenvalue weighted by Gasteiger charge is -2.36. The summed E-state index contributed by atoms with van der Waals surface area (Å²) in [5, 5.41) is 0. The number of thiophene rings is 1. The second-order valence-electron chi connectivity index (χ2n) is 7.16. The number of anilines is 1. The van der Waals surface area contributed by atoms with Gasteiger partial charge in [0.25, 0.3) is 0 Å². The van der Waals surface area contributed by atoms with Gasteiger partial charge in [0.1, 0.15) is 0 Å². The minimum Gasteiger partial charge on any atom is -0.369 e. The second kappa shape index (κ2) is 7.65. The lowest BCUT2D eigenvalue weighted by atomic mass is 10.1. The Bertz CT molecular complexity index is 861. The number of rotatable bonds is 4. The molecule has 0 N–H and O–H groups in total. The van der Waals surface area contributed by atoms with E-state index < -0.39 is 0 Å². The van der Waals surface area contributed by atoms with E-state index >= 15 is 0 Å². The van der Waals surface area contributed by atoms with Gasteiger partial charge >= 0.3 is 0 Å². The average Bonchev–Trinajstić information content (AvgIpc) is 3.14.